The number of aryl methyl sites for hydroxylation is 1. The minimum atomic E-state index is -0.868. The molecule has 0 aliphatic carbocycles. The first-order valence-electron chi connectivity index (χ1n) is 13.1. The number of rotatable bonds is 12. The van der Waals surface area contributed by atoms with E-state index in [1.165, 1.54) is 4.90 Å². The zero-order valence-electron chi connectivity index (χ0n) is 23.4. The van der Waals surface area contributed by atoms with Crippen LogP contribution in [0.1, 0.15) is 44.9 Å². The summed E-state index contributed by atoms with van der Waals surface area (Å²) in [5.74, 6) is -1.05. The third kappa shape index (κ3) is 8.56. The van der Waals surface area contributed by atoms with Crippen molar-refractivity contribution in [2.75, 3.05) is 33.5 Å². The molecule has 1 aliphatic heterocycles. The fourth-order valence-electron chi connectivity index (χ4n) is 4.42. The third-order valence-corrected chi connectivity index (χ3v) is 7.59. The normalized spacial score (nSPS) is 18.2. The molecule has 0 saturated carbocycles. The van der Waals surface area contributed by atoms with Crippen LogP contribution in [0.4, 0.5) is 0 Å². The van der Waals surface area contributed by atoms with Crippen LogP contribution < -0.4 is 10.6 Å². The highest BCUT2D eigenvalue weighted by Gasteiger charge is 2.44. The van der Waals surface area contributed by atoms with Crippen molar-refractivity contribution in [1.82, 2.24) is 20.5 Å². The molecule has 3 rings (SSSR count). The monoisotopic (exact) mass is 560 g/mol. The van der Waals surface area contributed by atoms with E-state index in [9.17, 15) is 19.5 Å². The number of aromatic nitrogens is 1. The van der Waals surface area contributed by atoms with Gasteiger partial charge in [-0.2, -0.15) is 0 Å². The summed E-state index contributed by atoms with van der Waals surface area (Å²) in [5.41, 5.74) is 4.16. The molecule has 2 aromatic rings. The van der Waals surface area contributed by atoms with E-state index in [2.05, 4.69) is 15.6 Å². The predicted octanol–water partition coefficient (Wildman–Crippen LogP) is 2.28. The number of aliphatic hydroxyl groups excluding tert-OH is 1. The lowest BCUT2D eigenvalue weighted by molar-refractivity contribution is -0.144. The van der Waals surface area contributed by atoms with Crippen LogP contribution in [0.15, 0.2) is 29.8 Å². The number of likely N-dealkylation sites (tertiary alicyclic amines) is 1. The first-order chi connectivity index (χ1) is 18.5. The van der Waals surface area contributed by atoms with E-state index < -0.39 is 29.5 Å². The van der Waals surface area contributed by atoms with Crippen molar-refractivity contribution >= 4 is 29.1 Å². The number of amides is 3. The van der Waals surface area contributed by atoms with Gasteiger partial charge in [-0.05, 0) is 23.5 Å². The van der Waals surface area contributed by atoms with Crippen LogP contribution in [0, 0.1) is 12.3 Å². The van der Waals surface area contributed by atoms with Crippen molar-refractivity contribution in [2.45, 2.75) is 65.3 Å². The first-order valence-corrected chi connectivity index (χ1v) is 14.0. The second-order valence-electron chi connectivity index (χ2n) is 10.8. The number of benzene rings is 1. The molecule has 1 saturated heterocycles. The molecule has 0 bridgehead atoms. The number of nitrogens with one attached hydrogen (secondary N) is 2. The molecule has 0 unspecified atom stereocenters. The van der Waals surface area contributed by atoms with E-state index in [4.69, 9.17) is 9.47 Å². The van der Waals surface area contributed by atoms with Gasteiger partial charge in [0.1, 0.15) is 12.1 Å². The number of carbonyl (C=O) groups is 3. The van der Waals surface area contributed by atoms with Crippen LogP contribution in [0.25, 0.3) is 10.4 Å². The molecule has 0 spiro atoms. The lowest BCUT2D eigenvalue weighted by atomic mass is 9.85. The summed E-state index contributed by atoms with van der Waals surface area (Å²) in [6, 6.07) is 6.20. The Morgan fingerprint density at radius 1 is 1.18 bits per heavy atom. The number of nitrogens with zero attached hydrogens (tertiary/aromatic N) is 2. The van der Waals surface area contributed by atoms with Gasteiger partial charge in [-0.1, -0.05) is 45.0 Å². The number of ether oxygens (including phenoxy) is 2. The number of hydrogen-bond donors (Lipinski definition) is 3. The van der Waals surface area contributed by atoms with Crippen molar-refractivity contribution in [1.29, 1.82) is 0 Å². The maximum atomic E-state index is 13.6. The van der Waals surface area contributed by atoms with Gasteiger partial charge in [0.15, 0.2) is 0 Å². The van der Waals surface area contributed by atoms with Gasteiger partial charge in [0.25, 0.3) is 0 Å². The van der Waals surface area contributed by atoms with Gasteiger partial charge < -0.3 is 30.1 Å². The Labute approximate surface area is 234 Å². The lowest BCUT2D eigenvalue weighted by Gasteiger charge is -2.35. The Hall–Kier alpha value is -2.86. The molecule has 3 amide bonds. The minimum Gasteiger partial charge on any atom is -0.391 e. The highest BCUT2D eigenvalue weighted by molar-refractivity contribution is 7.13. The van der Waals surface area contributed by atoms with Crippen molar-refractivity contribution in [3.8, 4) is 10.4 Å². The van der Waals surface area contributed by atoms with E-state index in [1.807, 2.05) is 57.5 Å². The molecule has 39 heavy (non-hydrogen) atoms. The maximum Gasteiger partial charge on any atom is 0.246 e. The van der Waals surface area contributed by atoms with Crippen LogP contribution in [-0.2, 0) is 30.4 Å². The van der Waals surface area contributed by atoms with Gasteiger partial charge in [0.2, 0.25) is 17.7 Å². The molecule has 11 heteroatoms. The average molecular weight is 561 g/mol. The highest BCUT2D eigenvalue weighted by atomic mass is 32.1. The number of methoxy groups -OCH3 is 1. The van der Waals surface area contributed by atoms with Gasteiger partial charge in [-0.3, -0.25) is 14.4 Å². The summed E-state index contributed by atoms with van der Waals surface area (Å²) in [4.78, 5) is 46.2. The zero-order valence-corrected chi connectivity index (χ0v) is 24.2. The maximum absolute atomic E-state index is 13.6. The summed E-state index contributed by atoms with van der Waals surface area (Å²) in [5, 5.41) is 16.1. The topological polar surface area (TPSA) is 130 Å². The van der Waals surface area contributed by atoms with Crippen molar-refractivity contribution < 1.29 is 29.0 Å². The summed E-state index contributed by atoms with van der Waals surface area (Å²) in [6.07, 6.45) is -0.589. The van der Waals surface area contributed by atoms with Crippen LogP contribution in [0.5, 0.6) is 0 Å². The molecular weight excluding hydrogens is 520 g/mol. The lowest BCUT2D eigenvalue weighted by Crippen LogP contribution is -2.57. The Morgan fingerprint density at radius 3 is 2.51 bits per heavy atom. The van der Waals surface area contributed by atoms with E-state index in [1.54, 1.807) is 18.4 Å². The molecule has 1 aromatic carbocycles. The number of hydrogen-bond acceptors (Lipinski definition) is 8. The SMILES string of the molecule is COCCOCCC(=O)N[C@H](C(=O)N1C[C@@H](O)C[C@H]1C(=O)NCc1ccc(-c2scnc2C)cc1)C(C)(C)C. The summed E-state index contributed by atoms with van der Waals surface area (Å²) in [6.45, 7) is 8.86. The Balaban J connectivity index is 1.61. The summed E-state index contributed by atoms with van der Waals surface area (Å²) >= 11 is 1.58. The predicted molar refractivity (Wildman–Crippen MR) is 149 cm³/mol. The summed E-state index contributed by atoms with van der Waals surface area (Å²) < 4.78 is 10.3. The molecule has 2 heterocycles. The first kappa shape index (κ1) is 30.7. The quantitative estimate of drug-likeness (QED) is 0.340. The van der Waals surface area contributed by atoms with Crippen LogP contribution in [-0.4, -0.2) is 84.4 Å². The van der Waals surface area contributed by atoms with Gasteiger partial charge >= 0.3 is 0 Å². The summed E-state index contributed by atoms with van der Waals surface area (Å²) in [7, 11) is 1.57. The van der Waals surface area contributed by atoms with E-state index >= 15 is 0 Å². The Morgan fingerprint density at radius 2 is 1.90 bits per heavy atom. The largest absolute Gasteiger partial charge is 0.391 e. The molecule has 3 N–H and O–H groups in total. The average Bonchev–Trinajstić information content (AvgIpc) is 3.50. The molecule has 0 radical (unpaired) electrons. The molecule has 10 nitrogen and oxygen atoms in total. The fraction of sp³-hybridized carbons (Fsp3) is 0.571. The fourth-order valence-corrected chi connectivity index (χ4v) is 5.23. The van der Waals surface area contributed by atoms with Crippen LogP contribution >= 0.6 is 11.3 Å². The van der Waals surface area contributed by atoms with E-state index in [0.29, 0.717) is 13.2 Å². The standard InChI is InChI=1S/C28H40N4O6S/c1-18-24(39-17-30-18)20-8-6-19(7-9-20)15-29-26(35)22-14-21(33)16-32(22)27(36)25(28(2,3)4)31-23(34)10-11-38-13-12-37-5/h6-9,17,21-22,25,33H,10-16H2,1-5H3,(H,29,35)(H,31,34)/t21-,22-,25+/m0/s1. The van der Waals surface area contributed by atoms with E-state index in [0.717, 1.165) is 21.7 Å². The van der Waals surface area contributed by atoms with Gasteiger partial charge in [-0.15, -0.1) is 11.3 Å². The second-order valence-corrected chi connectivity index (χ2v) is 11.7. The van der Waals surface area contributed by atoms with Crippen molar-refractivity contribution in [2.24, 2.45) is 5.41 Å². The van der Waals surface area contributed by atoms with Crippen molar-refractivity contribution in [3.63, 3.8) is 0 Å². The third-order valence-electron chi connectivity index (χ3n) is 6.62. The molecule has 1 aliphatic rings. The second kappa shape index (κ2) is 14.0. The van der Waals surface area contributed by atoms with Crippen LogP contribution in [0.2, 0.25) is 0 Å². The number of thiazole rings is 1. The molecule has 1 aromatic heterocycles. The molecule has 214 valence electrons. The van der Waals surface area contributed by atoms with Gasteiger partial charge in [0, 0.05) is 33.0 Å². The van der Waals surface area contributed by atoms with E-state index in [-0.39, 0.29) is 44.4 Å². The number of aliphatic hydroxyl groups is 1. The number of β-amino-alcohol motifs (C(OH)–C–C–N with tert-alkyl or cyclic N) is 1. The number of carbonyl (C=O) groups excluding carboxylic acids is 3. The smallest absolute Gasteiger partial charge is 0.246 e. The van der Waals surface area contributed by atoms with Gasteiger partial charge in [0.05, 0.1) is 42.0 Å². The molecule has 3 atom stereocenters. The van der Waals surface area contributed by atoms with Crippen molar-refractivity contribution in [3.05, 3.63) is 41.0 Å². The van der Waals surface area contributed by atoms with Gasteiger partial charge in [-0.25, -0.2) is 4.98 Å². The highest BCUT2D eigenvalue weighted by Crippen LogP contribution is 2.28. The minimum absolute atomic E-state index is 0.0302. The Bertz CT molecular complexity index is 1110. The molecule has 1 fully saturated rings. The Kier molecular flexibility index (Phi) is 11.0. The molecular formula is C28H40N4O6S. The zero-order chi connectivity index (χ0) is 28.6. The van der Waals surface area contributed by atoms with Crippen LogP contribution in [0.3, 0.4) is 0 Å².